The highest BCUT2D eigenvalue weighted by Crippen LogP contribution is 2.36. The molecule has 4 aromatic heterocycles. The summed E-state index contributed by atoms with van der Waals surface area (Å²) < 4.78 is 44.6. The van der Waals surface area contributed by atoms with Gasteiger partial charge in [0.1, 0.15) is 18.1 Å². The number of anilines is 2. The molecule has 0 bridgehead atoms. The van der Waals surface area contributed by atoms with E-state index in [1.165, 1.54) is 17.0 Å². The van der Waals surface area contributed by atoms with E-state index in [2.05, 4.69) is 42.5 Å². The van der Waals surface area contributed by atoms with Crippen LogP contribution in [0.5, 0.6) is 0 Å². The van der Waals surface area contributed by atoms with Gasteiger partial charge >= 0.3 is 5.69 Å². The number of nitrogens with zero attached hydrogens (tertiary/aromatic N) is 8. The normalized spacial score (nSPS) is 19.4. The summed E-state index contributed by atoms with van der Waals surface area (Å²) >= 11 is 0. The maximum atomic E-state index is 14.2. The summed E-state index contributed by atoms with van der Waals surface area (Å²) in [7, 11) is 5.81. The molecule has 0 unspecified atom stereocenters. The summed E-state index contributed by atoms with van der Waals surface area (Å²) in [6.07, 6.45) is 10.0. The van der Waals surface area contributed by atoms with Crippen LogP contribution in [0.4, 0.5) is 20.3 Å². The average molecular weight is 857 g/mol. The number of alkyl halides is 2. The third-order valence-electron chi connectivity index (χ3n) is 12.4. The Kier molecular flexibility index (Phi) is 12.9. The van der Waals surface area contributed by atoms with E-state index in [0.717, 1.165) is 81.4 Å². The van der Waals surface area contributed by atoms with E-state index in [4.69, 9.17) is 9.15 Å². The van der Waals surface area contributed by atoms with Crippen LogP contribution in [-0.2, 0) is 27.8 Å². The van der Waals surface area contributed by atoms with Crippen molar-refractivity contribution in [2.24, 2.45) is 13.0 Å². The lowest BCUT2D eigenvalue weighted by Crippen LogP contribution is -2.44. The Morgan fingerprint density at radius 2 is 1.84 bits per heavy atom. The highest BCUT2D eigenvalue weighted by atomic mass is 19.3. The predicted octanol–water partition coefficient (Wildman–Crippen LogP) is 6.06. The van der Waals surface area contributed by atoms with E-state index in [1.807, 2.05) is 31.3 Å². The van der Waals surface area contributed by atoms with Crippen LogP contribution in [0.15, 0.2) is 58.2 Å². The van der Waals surface area contributed by atoms with Crippen molar-refractivity contribution in [3.63, 3.8) is 0 Å². The van der Waals surface area contributed by atoms with Crippen molar-refractivity contribution in [1.82, 2.24) is 39.1 Å². The lowest BCUT2D eigenvalue weighted by atomic mass is 9.86. The van der Waals surface area contributed by atoms with E-state index < -0.39 is 30.0 Å². The van der Waals surface area contributed by atoms with Crippen molar-refractivity contribution in [2.75, 3.05) is 50.6 Å². The second kappa shape index (κ2) is 18.7. The standard InChI is InChI=1S/C44H54F2N10O6/c1-52(20-6-22-61-21-5-8-28-7-4-9-34-39(28)54(3)44(60)56(34)35-16-17-37(57)50-42(35)59)24-27-10-12-31(13-11-27)55-25-32(38(51-55)40(45)46)48-41(58)33-26-62-43(49-33)29-18-19-47-36(23-29)53(2)30-14-15-30/h4,7,9,18-19,23,25-27,30-31,35,40H,5-6,8,10-17,20-22,24H2,1-3H3,(H,48,58)(H,50,57,59)/t27?,31?,35-/m0/s1. The third kappa shape index (κ3) is 9.50. The van der Waals surface area contributed by atoms with Crippen LogP contribution < -0.4 is 21.2 Å². The van der Waals surface area contributed by atoms with Gasteiger partial charge in [0.25, 0.3) is 12.3 Å². The SMILES string of the molecule is CN(CCCOCCCc1cccc2c1n(C)c(=O)n2[C@H]1CCC(=O)NC1=O)CC1CCC(n2cc(NC(=O)c3coc(-c4ccnc(N(C)C5CC5)c4)n3)c(C(F)F)n2)CC1. The van der Waals surface area contributed by atoms with Crippen LogP contribution in [0.25, 0.3) is 22.5 Å². The first kappa shape index (κ1) is 42.9. The number of amides is 3. The molecular formula is C44H54F2N10O6. The Morgan fingerprint density at radius 1 is 1.05 bits per heavy atom. The van der Waals surface area contributed by atoms with Gasteiger partial charge in [0, 0.05) is 70.8 Å². The van der Waals surface area contributed by atoms with Crippen molar-refractivity contribution in [3.05, 3.63) is 76.4 Å². The first-order valence-electron chi connectivity index (χ1n) is 21.6. The molecule has 1 saturated heterocycles. The summed E-state index contributed by atoms with van der Waals surface area (Å²) in [5.74, 6) is 0.0593. The summed E-state index contributed by atoms with van der Waals surface area (Å²) in [5, 5.41) is 9.18. The molecule has 16 nitrogen and oxygen atoms in total. The minimum absolute atomic E-state index is 0.0282. The number of aryl methyl sites for hydroxylation is 2. The number of fused-ring (bicyclic) bond motifs is 1. The number of oxazole rings is 1. The summed E-state index contributed by atoms with van der Waals surface area (Å²) in [6, 6.07) is 9.03. The van der Waals surface area contributed by atoms with Crippen molar-refractivity contribution < 1.29 is 32.3 Å². The van der Waals surface area contributed by atoms with Gasteiger partial charge in [-0.15, -0.1) is 0 Å². The van der Waals surface area contributed by atoms with E-state index in [0.29, 0.717) is 49.1 Å². The summed E-state index contributed by atoms with van der Waals surface area (Å²) in [5.41, 5.74) is 2.32. The topological polar surface area (TPSA) is 175 Å². The Balaban J connectivity index is 0.757. The number of nitrogens with one attached hydrogen (secondary N) is 2. The lowest BCUT2D eigenvalue weighted by molar-refractivity contribution is -0.135. The van der Waals surface area contributed by atoms with Gasteiger partial charge < -0.3 is 24.3 Å². The number of imidazole rings is 1. The van der Waals surface area contributed by atoms with Gasteiger partial charge in [-0.3, -0.25) is 33.5 Å². The van der Waals surface area contributed by atoms with Gasteiger partial charge in [-0.25, -0.2) is 23.5 Å². The summed E-state index contributed by atoms with van der Waals surface area (Å²) in [6.45, 7) is 3.00. The number of pyridine rings is 1. The van der Waals surface area contributed by atoms with Gasteiger partial charge in [0.2, 0.25) is 17.7 Å². The molecule has 2 N–H and O–H groups in total. The van der Waals surface area contributed by atoms with Crippen LogP contribution in [0.3, 0.4) is 0 Å². The molecule has 62 heavy (non-hydrogen) atoms. The number of rotatable bonds is 18. The molecule has 1 aromatic carbocycles. The van der Waals surface area contributed by atoms with Crippen molar-refractivity contribution >= 4 is 40.3 Å². The number of ether oxygens (including phenoxy) is 1. The first-order chi connectivity index (χ1) is 29.9. The lowest BCUT2D eigenvalue weighted by Gasteiger charge is -2.31. The molecule has 3 aliphatic rings. The Morgan fingerprint density at radius 3 is 2.60 bits per heavy atom. The monoisotopic (exact) mass is 856 g/mol. The number of halogens is 2. The number of imide groups is 1. The van der Waals surface area contributed by atoms with E-state index in [1.54, 1.807) is 28.6 Å². The number of hydrogen-bond acceptors (Lipinski definition) is 11. The number of carbonyl (C=O) groups is 3. The molecule has 3 fully saturated rings. The number of para-hydroxylation sites is 1. The van der Waals surface area contributed by atoms with E-state index >= 15 is 0 Å². The minimum Gasteiger partial charge on any atom is -0.444 e. The van der Waals surface area contributed by atoms with Crippen molar-refractivity contribution in [2.45, 2.75) is 95.2 Å². The molecule has 2 saturated carbocycles. The molecule has 5 heterocycles. The van der Waals surface area contributed by atoms with Crippen LogP contribution in [-0.4, -0.2) is 97.9 Å². The second-order valence-electron chi connectivity index (χ2n) is 16.9. The molecule has 2 aliphatic carbocycles. The zero-order valence-corrected chi connectivity index (χ0v) is 35.4. The number of carbonyl (C=O) groups excluding carboxylic acids is 3. The quantitative estimate of drug-likeness (QED) is 0.0775. The molecule has 3 amide bonds. The predicted molar refractivity (Wildman–Crippen MR) is 227 cm³/mol. The number of benzene rings is 1. The van der Waals surface area contributed by atoms with Crippen LogP contribution in [0.2, 0.25) is 0 Å². The van der Waals surface area contributed by atoms with Crippen LogP contribution >= 0.6 is 0 Å². The van der Waals surface area contributed by atoms with Gasteiger partial charge in [-0.05, 0) is 101 Å². The van der Waals surface area contributed by atoms with Crippen molar-refractivity contribution in [1.29, 1.82) is 0 Å². The molecule has 8 rings (SSSR count). The highest BCUT2D eigenvalue weighted by Gasteiger charge is 2.32. The maximum Gasteiger partial charge on any atom is 0.329 e. The highest BCUT2D eigenvalue weighted by molar-refractivity contribution is 6.03. The first-order valence-corrected chi connectivity index (χ1v) is 21.6. The van der Waals surface area contributed by atoms with Gasteiger partial charge in [-0.2, -0.15) is 5.10 Å². The fraction of sp³-hybridized carbons (Fsp3) is 0.523. The fourth-order valence-corrected chi connectivity index (χ4v) is 8.92. The van der Waals surface area contributed by atoms with Crippen LogP contribution in [0.1, 0.15) is 104 Å². The van der Waals surface area contributed by atoms with Gasteiger partial charge in [0.15, 0.2) is 11.4 Å². The molecular weight excluding hydrogens is 803 g/mol. The Hall–Kier alpha value is -5.75. The zero-order valence-electron chi connectivity index (χ0n) is 35.4. The third-order valence-corrected chi connectivity index (χ3v) is 12.4. The van der Waals surface area contributed by atoms with Crippen LogP contribution in [0, 0.1) is 5.92 Å². The molecule has 330 valence electrons. The largest absolute Gasteiger partial charge is 0.444 e. The van der Waals surface area contributed by atoms with Gasteiger partial charge in [-0.1, -0.05) is 12.1 Å². The number of piperidine rings is 1. The van der Waals surface area contributed by atoms with Gasteiger partial charge in [0.05, 0.1) is 22.8 Å². The molecule has 1 atom stereocenters. The molecule has 18 heteroatoms. The molecule has 0 radical (unpaired) electrons. The second-order valence-corrected chi connectivity index (χ2v) is 16.9. The zero-order chi connectivity index (χ0) is 43.5. The minimum atomic E-state index is -2.87. The van der Waals surface area contributed by atoms with Crippen molar-refractivity contribution in [3.8, 4) is 11.5 Å². The maximum absolute atomic E-state index is 14.2. The number of hydrogen-bond donors (Lipinski definition) is 2. The molecule has 0 spiro atoms. The summed E-state index contributed by atoms with van der Waals surface area (Å²) in [4.78, 5) is 63.8. The number of aromatic nitrogens is 6. The molecule has 5 aromatic rings. The smallest absolute Gasteiger partial charge is 0.329 e. The Labute approximate surface area is 357 Å². The van der Waals surface area contributed by atoms with E-state index in [-0.39, 0.29) is 41.3 Å². The Bertz CT molecular complexity index is 2460. The fourth-order valence-electron chi connectivity index (χ4n) is 8.92. The molecule has 1 aliphatic heterocycles. The average Bonchev–Trinajstić information content (AvgIpc) is 3.73. The van der Waals surface area contributed by atoms with E-state index in [9.17, 15) is 28.0 Å².